The van der Waals surface area contributed by atoms with Crippen molar-refractivity contribution in [3.63, 3.8) is 0 Å². The summed E-state index contributed by atoms with van der Waals surface area (Å²) < 4.78 is 0. The molecule has 9 heteroatoms. The number of rotatable bonds is 2. The average Bonchev–Trinajstić information content (AvgIpc) is 2.31. The third kappa shape index (κ3) is 2.21. The largest absolute Gasteiger partial charge is 0.721 e. The molecule has 0 N–H and O–H groups in total. The lowest BCUT2D eigenvalue weighted by Crippen LogP contribution is -1.98. The second-order valence-corrected chi connectivity index (χ2v) is 2.25. The predicted octanol–water partition coefficient (Wildman–Crippen LogP) is -0.0177. The Kier molecular flexibility index (Phi) is 2.45. The maximum Gasteiger partial charge on any atom is 0.456 e. The normalized spacial score (nSPS) is 11.3. The third-order valence-corrected chi connectivity index (χ3v) is 1.31. The molecule has 2 aromatic rings. The highest BCUT2D eigenvalue weighted by atomic mass is 16.5. The van der Waals surface area contributed by atoms with Gasteiger partial charge in [0, 0.05) is 0 Å². The second kappa shape index (κ2) is 4.09. The lowest BCUT2D eigenvalue weighted by Gasteiger charge is -2.00. The van der Waals surface area contributed by atoms with E-state index in [-0.39, 0.29) is 16.8 Å². The molecule has 2 aromatic heterocycles. The Labute approximate surface area is 83.2 Å². The van der Waals surface area contributed by atoms with E-state index in [1.807, 2.05) is 0 Å². The Morgan fingerprint density at radius 1 is 0.933 bits per heavy atom. The first-order valence-corrected chi connectivity index (χ1v) is 3.79. The summed E-state index contributed by atoms with van der Waals surface area (Å²) in [5.41, 5.74) is 0. The highest BCUT2D eigenvalue weighted by Gasteiger charge is 2.05. The smallest absolute Gasteiger partial charge is 0.456 e. The summed E-state index contributed by atoms with van der Waals surface area (Å²) in [5, 5.41) is 14.8. The van der Waals surface area contributed by atoms with Gasteiger partial charge in [-0.15, -0.1) is 4.86 Å². The van der Waals surface area contributed by atoms with Crippen molar-refractivity contribution in [2.24, 2.45) is 5.11 Å². The number of nitrogens with zero attached hydrogens (tertiary/aromatic N) is 8. The van der Waals surface area contributed by atoms with Gasteiger partial charge >= 0.3 is 5.95 Å². The van der Waals surface area contributed by atoms with E-state index < -0.39 is 0 Å². The minimum atomic E-state index is -0.134. The quantitative estimate of drug-likeness (QED) is 0.383. The van der Waals surface area contributed by atoms with Gasteiger partial charge in [0.1, 0.15) is 12.7 Å². The topological polar surface area (TPSA) is 116 Å². The van der Waals surface area contributed by atoms with Crippen LogP contribution in [0.1, 0.15) is 0 Å². The van der Waals surface area contributed by atoms with Crippen LogP contribution >= 0.6 is 0 Å². The molecule has 74 valence electrons. The minimum absolute atomic E-state index is 0.0135. The molecule has 0 saturated carbocycles. The van der Waals surface area contributed by atoms with Gasteiger partial charge in [-0.3, -0.25) is 0 Å². The van der Waals surface area contributed by atoms with E-state index in [2.05, 4.69) is 35.0 Å². The summed E-state index contributed by atoms with van der Waals surface area (Å²) in [5.74, 6) is -0.147. The van der Waals surface area contributed by atoms with Crippen LogP contribution in [-0.2, 0) is 0 Å². The summed E-state index contributed by atoms with van der Waals surface area (Å²) in [4.78, 5) is 21.8. The average molecular weight is 204 g/mol. The molecule has 0 amide bonds. The lowest BCUT2D eigenvalue weighted by molar-refractivity contribution is -0.444. The standard InChI is InChI=1S/C6H4N8O/c15-14(6-11-3-8-4-12-6)13-5-9-1-7-2-10-5/h1-4H. The maximum atomic E-state index is 11.3. The molecule has 0 fully saturated rings. The molecule has 0 radical (unpaired) electrons. The number of azo groups is 1. The summed E-state index contributed by atoms with van der Waals surface area (Å²) in [7, 11) is 0. The van der Waals surface area contributed by atoms with Crippen molar-refractivity contribution in [1.82, 2.24) is 29.9 Å². The van der Waals surface area contributed by atoms with Crippen LogP contribution < -0.4 is 0 Å². The Morgan fingerprint density at radius 2 is 1.47 bits per heavy atom. The van der Waals surface area contributed by atoms with E-state index >= 15 is 0 Å². The van der Waals surface area contributed by atoms with Crippen molar-refractivity contribution in [3.05, 3.63) is 30.5 Å². The van der Waals surface area contributed by atoms with Crippen molar-refractivity contribution in [1.29, 1.82) is 0 Å². The molecule has 0 aliphatic carbocycles. The molecule has 0 atom stereocenters. The van der Waals surface area contributed by atoms with Gasteiger partial charge in [-0.25, -0.2) is 4.98 Å². The number of aromatic nitrogens is 6. The molecule has 0 aromatic carbocycles. The molecule has 15 heavy (non-hydrogen) atoms. The SMILES string of the molecule is [O-][N+](=Nc1ncncn1)c1ncncn1. The molecular formula is C6H4N8O. The van der Waals surface area contributed by atoms with Crippen LogP contribution in [0.4, 0.5) is 11.9 Å². The van der Waals surface area contributed by atoms with Crippen molar-refractivity contribution in [3.8, 4) is 0 Å². The van der Waals surface area contributed by atoms with Gasteiger partial charge in [0.2, 0.25) is 0 Å². The summed E-state index contributed by atoms with van der Waals surface area (Å²) in [6.07, 6.45) is 4.84. The van der Waals surface area contributed by atoms with Crippen LogP contribution in [-0.4, -0.2) is 34.8 Å². The molecule has 9 nitrogen and oxygen atoms in total. The van der Waals surface area contributed by atoms with Crippen LogP contribution in [0, 0.1) is 5.21 Å². The zero-order chi connectivity index (χ0) is 10.5. The fourth-order valence-electron chi connectivity index (χ4n) is 0.743. The van der Waals surface area contributed by atoms with E-state index in [4.69, 9.17) is 0 Å². The van der Waals surface area contributed by atoms with Crippen LogP contribution in [0.15, 0.2) is 30.4 Å². The molecule has 0 aliphatic heterocycles. The first-order chi connectivity index (χ1) is 7.36. The molecule has 0 spiro atoms. The third-order valence-electron chi connectivity index (χ3n) is 1.31. The Hall–Kier alpha value is -2.58. The molecule has 0 saturated heterocycles. The lowest BCUT2D eigenvalue weighted by atomic mass is 10.9. The van der Waals surface area contributed by atoms with Crippen molar-refractivity contribution < 1.29 is 4.86 Å². The van der Waals surface area contributed by atoms with Gasteiger partial charge in [-0.05, 0) is 0 Å². The van der Waals surface area contributed by atoms with Crippen molar-refractivity contribution >= 4 is 11.9 Å². The predicted molar refractivity (Wildman–Crippen MR) is 45.0 cm³/mol. The van der Waals surface area contributed by atoms with Crippen LogP contribution in [0.2, 0.25) is 0 Å². The van der Waals surface area contributed by atoms with E-state index in [9.17, 15) is 5.21 Å². The first-order valence-electron chi connectivity index (χ1n) is 3.79. The molecule has 0 unspecified atom stereocenters. The van der Waals surface area contributed by atoms with Gasteiger partial charge < -0.3 is 5.21 Å². The second-order valence-electron chi connectivity index (χ2n) is 2.25. The van der Waals surface area contributed by atoms with Crippen LogP contribution in [0.5, 0.6) is 0 Å². The number of hydrogen-bond acceptors (Lipinski definition) is 8. The van der Waals surface area contributed by atoms with E-state index in [1.165, 1.54) is 25.3 Å². The Balaban J connectivity index is 2.29. The number of hydrogen-bond donors (Lipinski definition) is 0. The fourth-order valence-corrected chi connectivity index (χ4v) is 0.743. The minimum Gasteiger partial charge on any atom is -0.721 e. The maximum absolute atomic E-state index is 11.3. The summed E-state index contributed by atoms with van der Waals surface area (Å²) >= 11 is 0. The molecular weight excluding hydrogens is 200 g/mol. The molecule has 2 rings (SSSR count). The van der Waals surface area contributed by atoms with E-state index in [1.54, 1.807) is 0 Å². The highest BCUT2D eigenvalue weighted by molar-refractivity contribution is 5.07. The molecule has 0 aliphatic rings. The van der Waals surface area contributed by atoms with Crippen molar-refractivity contribution in [2.75, 3.05) is 0 Å². The fraction of sp³-hybridized carbons (Fsp3) is 0. The Bertz CT molecular complexity index is 457. The van der Waals surface area contributed by atoms with Crippen LogP contribution in [0.25, 0.3) is 0 Å². The van der Waals surface area contributed by atoms with Gasteiger partial charge in [-0.1, -0.05) is 15.1 Å². The summed E-state index contributed by atoms with van der Waals surface area (Å²) in [6.45, 7) is 0. The van der Waals surface area contributed by atoms with Crippen molar-refractivity contribution in [2.45, 2.75) is 0 Å². The van der Waals surface area contributed by atoms with Gasteiger partial charge in [0.05, 0.1) is 0 Å². The van der Waals surface area contributed by atoms with Crippen LogP contribution in [0.3, 0.4) is 0 Å². The van der Waals surface area contributed by atoms with E-state index in [0.29, 0.717) is 0 Å². The zero-order valence-corrected chi connectivity index (χ0v) is 7.30. The highest BCUT2D eigenvalue weighted by Crippen LogP contribution is 2.05. The van der Waals surface area contributed by atoms with Gasteiger partial charge in [0.25, 0.3) is 5.95 Å². The van der Waals surface area contributed by atoms with Gasteiger partial charge in [-0.2, -0.15) is 15.0 Å². The van der Waals surface area contributed by atoms with E-state index in [0.717, 1.165) is 0 Å². The summed E-state index contributed by atoms with van der Waals surface area (Å²) in [6, 6.07) is 0. The molecule has 0 bridgehead atoms. The zero-order valence-electron chi connectivity index (χ0n) is 7.30. The van der Waals surface area contributed by atoms with Gasteiger partial charge in [0.15, 0.2) is 12.7 Å². The first kappa shape index (κ1) is 8.99. The molecule has 2 heterocycles. The monoisotopic (exact) mass is 204 g/mol. The Morgan fingerprint density at radius 3 is 2.07 bits per heavy atom.